The van der Waals surface area contributed by atoms with Crippen LogP contribution in [0.15, 0.2) is 164 Å². The summed E-state index contributed by atoms with van der Waals surface area (Å²) in [6.45, 7) is 0. The molecule has 0 bridgehead atoms. The Bertz CT molecular complexity index is 2720. The topological polar surface area (TPSA) is 121 Å². The third-order valence-electron chi connectivity index (χ3n) is 8.57. The lowest BCUT2D eigenvalue weighted by atomic mass is 10.1. The number of benzene rings is 5. The lowest BCUT2D eigenvalue weighted by Gasteiger charge is -2.12. The first-order chi connectivity index (χ1) is 27.1. The standard InChI is InChI=1S/C30H22N6O2.C14H9ClN2/c1-31-30-33-19-17-26(34-30)25-12-7-18-32-28(25)37-21-13-15-22(16-14-21)38-29-24-11-6-5-10-23(24)27(35-36-29)20-8-3-2-4-9-20;15-14-12-9-5-4-8-11(12)13(16-17-14)10-6-2-1-3-7-10/h2-19H,1H3,(H,31,33,34);1-9H. The van der Waals surface area contributed by atoms with E-state index >= 15 is 0 Å². The zero-order valence-corrected chi connectivity index (χ0v) is 30.2. The van der Waals surface area contributed by atoms with E-state index in [2.05, 4.69) is 40.7 Å². The summed E-state index contributed by atoms with van der Waals surface area (Å²) < 4.78 is 12.2. The fourth-order valence-corrected chi connectivity index (χ4v) is 6.14. The van der Waals surface area contributed by atoms with Gasteiger partial charge in [0.2, 0.25) is 17.7 Å². The molecule has 1 N–H and O–H groups in total. The first kappa shape index (κ1) is 34.8. The molecule has 0 saturated carbocycles. The number of nitrogens with one attached hydrogen (secondary N) is 1. The van der Waals surface area contributed by atoms with Gasteiger partial charge in [0.25, 0.3) is 0 Å². The first-order valence-electron chi connectivity index (χ1n) is 17.3. The summed E-state index contributed by atoms with van der Waals surface area (Å²) in [7, 11) is 1.77. The van der Waals surface area contributed by atoms with Crippen molar-refractivity contribution in [2.24, 2.45) is 0 Å². The van der Waals surface area contributed by atoms with Gasteiger partial charge in [0.05, 0.1) is 11.3 Å². The van der Waals surface area contributed by atoms with Crippen molar-refractivity contribution in [2.45, 2.75) is 0 Å². The molecule has 5 aromatic carbocycles. The average molecular weight is 739 g/mol. The minimum atomic E-state index is 0.435. The number of hydrogen-bond donors (Lipinski definition) is 1. The van der Waals surface area contributed by atoms with Gasteiger partial charge in [-0.2, -0.15) is 0 Å². The first-order valence-corrected chi connectivity index (χ1v) is 17.7. The Morgan fingerprint density at radius 3 is 1.65 bits per heavy atom. The van der Waals surface area contributed by atoms with Crippen molar-refractivity contribution < 1.29 is 9.47 Å². The van der Waals surface area contributed by atoms with Gasteiger partial charge in [-0.15, -0.1) is 20.4 Å². The molecule has 0 aliphatic rings. The number of aromatic nitrogens is 7. The van der Waals surface area contributed by atoms with Crippen LogP contribution in [-0.4, -0.2) is 42.4 Å². The summed E-state index contributed by atoms with van der Waals surface area (Å²) >= 11 is 6.04. The molecule has 266 valence electrons. The Morgan fingerprint density at radius 1 is 0.473 bits per heavy atom. The van der Waals surface area contributed by atoms with Crippen LogP contribution in [0.4, 0.5) is 5.95 Å². The Hall–Kier alpha value is -7.30. The quantitative estimate of drug-likeness (QED) is 0.161. The number of rotatable bonds is 8. The number of ether oxygens (including phenoxy) is 2. The Labute approximate surface area is 321 Å². The van der Waals surface area contributed by atoms with Crippen molar-refractivity contribution in [3.05, 3.63) is 169 Å². The summed E-state index contributed by atoms with van der Waals surface area (Å²) in [5.74, 6) is 2.61. The van der Waals surface area contributed by atoms with Crippen LogP contribution in [0.2, 0.25) is 5.15 Å². The third-order valence-corrected chi connectivity index (χ3v) is 8.85. The lowest BCUT2D eigenvalue weighted by molar-refractivity contribution is 0.451. The number of halogens is 1. The normalized spacial score (nSPS) is 10.7. The minimum Gasteiger partial charge on any atom is -0.438 e. The Balaban J connectivity index is 0.000000209. The van der Waals surface area contributed by atoms with Crippen molar-refractivity contribution in [1.82, 2.24) is 35.3 Å². The smallest absolute Gasteiger partial charge is 0.246 e. The summed E-state index contributed by atoms with van der Waals surface area (Å²) in [4.78, 5) is 13.1. The molecule has 0 fully saturated rings. The van der Waals surface area contributed by atoms with E-state index in [-0.39, 0.29) is 0 Å². The van der Waals surface area contributed by atoms with Gasteiger partial charge in [0.15, 0.2) is 5.15 Å². The molecule has 0 atom stereocenters. The summed E-state index contributed by atoms with van der Waals surface area (Å²) in [6.07, 6.45) is 3.37. The number of anilines is 1. The number of hydrogen-bond acceptors (Lipinski definition) is 10. The van der Waals surface area contributed by atoms with Crippen LogP contribution in [0.3, 0.4) is 0 Å². The molecule has 0 aliphatic carbocycles. The maximum atomic E-state index is 6.14. The summed E-state index contributed by atoms with van der Waals surface area (Å²) in [5, 5.41) is 24.3. The molecule has 0 saturated heterocycles. The molecule has 0 spiro atoms. The maximum Gasteiger partial charge on any atom is 0.246 e. The van der Waals surface area contributed by atoms with Gasteiger partial charge in [-0.05, 0) is 48.5 Å². The van der Waals surface area contributed by atoms with Gasteiger partial charge >= 0.3 is 0 Å². The molecule has 4 aromatic heterocycles. The highest BCUT2D eigenvalue weighted by atomic mass is 35.5. The largest absolute Gasteiger partial charge is 0.438 e. The zero-order chi connectivity index (χ0) is 37.4. The zero-order valence-electron chi connectivity index (χ0n) is 29.4. The van der Waals surface area contributed by atoms with E-state index in [1.54, 1.807) is 19.4 Å². The van der Waals surface area contributed by atoms with Crippen LogP contribution in [-0.2, 0) is 0 Å². The van der Waals surface area contributed by atoms with Gasteiger partial charge in [-0.3, -0.25) is 0 Å². The van der Waals surface area contributed by atoms with Crippen molar-refractivity contribution in [1.29, 1.82) is 0 Å². The van der Waals surface area contributed by atoms with Crippen LogP contribution >= 0.6 is 11.6 Å². The fraction of sp³-hybridized carbons (Fsp3) is 0.0227. The molecule has 0 radical (unpaired) electrons. The van der Waals surface area contributed by atoms with Crippen molar-refractivity contribution in [2.75, 3.05) is 12.4 Å². The molecule has 0 aliphatic heterocycles. The third kappa shape index (κ3) is 7.75. The average Bonchev–Trinajstić information content (AvgIpc) is 3.26. The summed E-state index contributed by atoms with van der Waals surface area (Å²) in [6, 6.07) is 48.7. The predicted octanol–water partition coefficient (Wildman–Crippen LogP) is 10.7. The second-order valence-corrected chi connectivity index (χ2v) is 12.4. The van der Waals surface area contributed by atoms with Gasteiger partial charge < -0.3 is 14.8 Å². The highest BCUT2D eigenvalue weighted by Gasteiger charge is 2.14. The number of nitrogens with zero attached hydrogens (tertiary/aromatic N) is 7. The van der Waals surface area contributed by atoms with Crippen LogP contribution in [0, 0.1) is 0 Å². The molecule has 55 heavy (non-hydrogen) atoms. The van der Waals surface area contributed by atoms with E-state index < -0.39 is 0 Å². The van der Waals surface area contributed by atoms with Crippen LogP contribution in [0.5, 0.6) is 23.3 Å². The molecule has 10 nitrogen and oxygen atoms in total. The fourth-order valence-electron chi connectivity index (χ4n) is 5.94. The van der Waals surface area contributed by atoms with E-state index in [4.69, 9.17) is 21.1 Å². The van der Waals surface area contributed by atoms with Crippen molar-refractivity contribution in [3.8, 4) is 57.0 Å². The molecule has 0 unspecified atom stereocenters. The van der Waals surface area contributed by atoms with Gasteiger partial charge in [-0.1, -0.05) is 115 Å². The Kier molecular flexibility index (Phi) is 10.2. The van der Waals surface area contributed by atoms with Crippen molar-refractivity contribution >= 4 is 39.1 Å². The molecular weight excluding hydrogens is 708 g/mol. The van der Waals surface area contributed by atoms with Crippen molar-refractivity contribution in [3.63, 3.8) is 0 Å². The monoisotopic (exact) mass is 738 g/mol. The van der Waals surface area contributed by atoms with Gasteiger partial charge in [-0.25, -0.2) is 15.0 Å². The molecule has 9 rings (SSSR count). The maximum absolute atomic E-state index is 6.14. The lowest BCUT2D eigenvalue weighted by Crippen LogP contribution is -1.98. The number of pyridine rings is 1. The van der Waals surface area contributed by atoms with Crippen LogP contribution in [0.1, 0.15) is 0 Å². The van der Waals surface area contributed by atoms with Crippen LogP contribution < -0.4 is 14.8 Å². The highest BCUT2D eigenvalue weighted by molar-refractivity contribution is 6.34. The molecule has 0 amide bonds. The van der Waals surface area contributed by atoms with E-state index in [9.17, 15) is 0 Å². The Morgan fingerprint density at radius 2 is 1.02 bits per heavy atom. The van der Waals surface area contributed by atoms with E-state index in [0.29, 0.717) is 40.1 Å². The van der Waals surface area contributed by atoms with E-state index in [1.165, 1.54) is 0 Å². The molecule has 9 aromatic rings. The van der Waals surface area contributed by atoms with Gasteiger partial charge in [0, 0.05) is 52.1 Å². The molecular formula is C44H31ClN8O2. The molecule has 4 heterocycles. The van der Waals surface area contributed by atoms with E-state index in [1.807, 2.05) is 152 Å². The summed E-state index contributed by atoms with van der Waals surface area (Å²) in [5.41, 5.74) is 5.19. The highest BCUT2D eigenvalue weighted by Crippen LogP contribution is 2.35. The second-order valence-electron chi connectivity index (χ2n) is 12.1. The predicted molar refractivity (Wildman–Crippen MR) is 216 cm³/mol. The number of fused-ring (bicyclic) bond motifs is 2. The molecule has 11 heteroatoms. The van der Waals surface area contributed by atoms with Crippen LogP contribution in [0.25, 0.3) is 55.3 Å². The SMILES string of the molecule is CNc1nccc(-c2cccnc2Oc2ccc(Oc3nnc(-c4ccccc4)c4ccccc34)cc2)n1.Clc1nnc(-c2ccccc2)c2ccccc12. The van der Waals surface area contributed by atoms with Gasteiger partial charge in [0.1, 0.15) is 22.9 Å². The van der Waals surface area contributed by atoms with E-state index in [0.717, 1.165) is 49.6 Å². The second kappa shape index (κ2) is 16.2. The minimum absolute atomic E-state index is 0.435.